The minimum atomic E-state index is -0.255. The molecule has 0 aliphatic carbocycles. The Kier molecular flexibility index (Phi) is 2.66. The van der Waals surface area contributed by atoms with Crippen molar-refractivity contribution in [1.82, 2.24) is 14.6 Å². The van der Waals surface area contributed by atoms with E-state index >= 15 is 0 Å². The number of pyridine rings is 1. The third-order valence-corrected chi connectivity index (χ3v) is 2.74. The highest BCUT2D eigenvalue weighted by molar-refractivity contribution is 5.38. The van der Waals surface area contributed by atoms with Gasteiger partial charge in [0.2, 0.25) is 0 Å². The Morgan fingerprint density at radius 2 is 2.00 bits per heavy atom. The molecule has 2 aromatic heterocycles. The van der Waals surface area contributed by atoms with Gasteiger partial charge < -0.3 is 0 Å². The number of rotatable bonds is 3. The van der Waals surface area contributed by atoms with Crippen molar-refractivity contribution in [1.29, 1.82) is 0 Å². The highest BCUT2D eigenvalue weighted by Gasteiger charge is 2.14. The van der Waals surface area contributed by atoms with Gasteiger partial charge in [-0.3, -0.25) is 4.40 Å². The van der Waals surface area contributed by atoms with E-state index < -0.39 is 0 Å². The SMILES string of the molecule is CCC(CC)c1nnc2ccc(F)cn12. The molecule has 0 saturated carbocycles. The van der Waals surface area contributed by atoms with Crippen molar-refractivity contribution in [2.75, 3.05) is 0 Å². The second kappa shape index (κ2) is 3.96. The lowest BCUT2D eigenvalue weighted by atomic mass is 10.0. The first-order valence-electron chi connectivity index (χ1n) is 5.26. The zero-order valence-electron chi connectivity index (χ0n) is 8.94. The maximum absolute atomic E-state index is 13.1. The number of nitrogens with zero attached hydrogens (tertiary/aromatic N) is 3. The van der Waals surface area contributed by atoms with Gasteiger partial charge >= 0.3 is 0 Å². The van der Waals surface area contributed by atoms with Crippen molar-refractivity contribution in [3.05, 3.63) is 30.0 Å². The van der Waals surface area contributed by atoms with Crippen LogP contribution in [0.5, 0.6) is 0 Å². The van der Waals surface area contributed by atoms with E-state index in [0.717, 1.165) is 18.7 Å². The Morgan fingerprint density at radius 3 is 2.67 bits per heavy atom. The largest absolute Gasteiger partial charge is 0.283 e. The molecule has 4 heteroatoms. The average molecular weight is 207 g/mol. The van der Waals surface area contributed by atoms with Crippen molar-refractivity contribution in [3.8, 4) is 0 Å². The van der Waals surface area contributed by atoms with E-state index in [1.165, 1.54) is 12.3 Å². The van der Waals surface area contributed by atoms with Crippen LogP contribution in [-0.2, 0) is 0 Å². The summed E-state index contributed by atoms with van der Waals surface area (Å²) in [4.78, 5) is 0. The van der Waals surface area contributed by atoms with E-state index in [9.17, 15) is 4.39 Å². The predicted octanol–water partition coefficient (Wildman–Crippen LogP) is 2.77. The number of fused-ring (bicyclic) bond motifs is 1. The van der Waals surface area contributed by atoms with E-state index in [2.05, 4.69) is 24.0 Å². The minimum absolute atomic E-state index is 0.255. The van der Waals surface area contributed by atoms with Gasteiger partial charge in [-0.25, -0.2) is 4.39 Å². The summed E-state index contributed by atoms with van der Waals surface area (Å²) < 4.78 is 14.8. The molecular weight excluding hydrogens is 193 g/mol. The van der Waals surface area contributed by atoms with Gasteiger partial charge in [0.1, 0.15) is 11.6 Å². The molecule has 0 unspecified atom stereocenters. The third kappa shape index (κ3) is 1.71. The smallest absolute Gasteiger partial charge is 0.160 e. The third-order valence-electron chi connectivity index (χ3n) is 2.74. The zero-order valence-corrected chi connectivity index (χ0v) is 8.94. The Hall–Kier alpha value is -1.45. The van der Waals surface area contributed by atoms with Crippen LogP contribution in [0, 0.1) is 5.82 Å². The van der Waals surface area contributed by atoms with Gasteiger partial charge in [-0.2, -0.15) is 0 Å². The summed E-state index contributed by atoms with van der Waals surface area (Å²) in [7, 11) is 0. The maximum Gasteiger partial charge on any atom is 0.160 e. The summed E-state index contributed by atoms with van der Waals surface area (Å²) in [5.74, 6) is 0.950. The molecule has 2 rings (SSSR count). The van der Waals surface area contributed by atoms with E-state index in [1.807, 2.05) is 0 Å². The molecule has 0 radical (unpaired) electrons. The molecule has 0 aromatic carbocycles. The van der Waals surface area contributed by atoms with Crippen molar-refractivity contribution < 1.29 is 4.39 Å². The number of hydrogen-bond donors (Lipinski definition) is 0. The van der Waals surface area contributed by atoms with Crippen LogP contribution in [0.4, 0.5) is 4.39 Å². The van der Waals surface area contributed by atoms with Gasteiger partial charge in [0.05, 0.1) is 0 Å². The maximum atomic E-state index is 13.1. The summed E-state index contributed by atoms with van der Waals surface area (Å²) in [6.45, 7) is 4.21. The van der Waals surface area contributed by atoms with E-state index in [1.54, 1.807) is 10.5 Å². The molecule has 0 saturated heterocycles. The summed E-state index contributed by atoms with van der Waals surface area (Å²) in [6, 6.07) is 3.05. The number of aromatic nitrogens is 3. The van der Waals surface area contributed by atoms with Crippen molar-refractivity contribution in [2.45, 2.75) is 32.6 Å². The molecule has 2 aromatic rings. The highest BCUT2D eigenvalue weighted by atomic mass is 19.1. The zero-order chi connectivity index (χ0) is 10.8. The molecule has 15 heavy (non-hydrogen) atoms. The molecule has 0 aliphatic heterocycles. The van der Waals surface area contributed by atoms with E-state index in [-0.39, 0.29) is 5.82 Å². The molecular formula is C11H14FN3. The molecule has 0 fully saturated rings. The molecule has 0 atom stereocenters. The fourth-order valence-electron chi connectivity index (χ4n) is 1.81. The second-order valence-corrected chi connectivity index (χ2v) is 3.65. The van der Waals surface area contributed by atoms with Gasteiger partial charge in [-0.1, -0.05) is 13.8 Å². The summed E-state index contributed by atoms with van der Waals surface area (Å²) in [6.07, 6.45) is 3.44. The minimum Gasteiger partial charge on any atom is -0.283 e. The van der Waals surface area contributed by atoms with Crippen molar-refractivity contribution in [2.24, 2.45) is 0 Å². The summed E-state index contributed by atoms with van der Waals surface area (Å²) in [5, 5.41) is 8.15. The fourth-order valence-corrected chi connectivity index (χ4v) is 1.81. The average Bonchev–Trinajstić information content (AvgIpc) is 2.64. The molecule has 3 nitrogen and oxygen atoms in total. The quantitative estimate of drug-likeness (QED) is 0.774. The normalized spacial score (nSPS) is 11.5. The topological polar surface area (TPSA) is 30.2 Å². The van der Waals surface area contributed by atoms with Crippen LogP contribution in [0.15, 0.2) is 18.3 Å². The van der Waals surface area contributed by atoms with Crippen LogP contribution >= 0.6 is 0 Å². The van der Waals surface area contributed by atoms with Crippen LogP contribution in [0.1, 0.15) is 38.4 Å². The Balaban J connectivity index is 2.55. The molecule has 0 bridgehead atoms. The molecule has 2 heterocycles. The van der Waals surface area contributed by atoms with Gasteiger partial charge in [-0.05, 0) is 25.0 Å². The van der Waals surface area contributed by atoms with Crippen LogP contribution in [0.25, 0.3) is 5.65 Å². The standard InChI is InChI=1S/C11H14FN3/c1-3-8(4-2)11-14-13-10-6-5-9(12)7-15(10)11/h5-8H,3-4H2,1-2H3. The Bertz CT molecular complexity index is 460. The summed E-state index contributed by atoms with van der Waals surface area (Å²) >= 11 is 0. The van der Waals surface area contributed by atoms with E-state index in [0.29, 0.717) is 11.6 Å². The number of hydrogen-bond acceptors (Lipinski definition) is 2. The molecule has 80 valence electrons. The lowest BCUT2D eigenvalue weighted by Crippen LogP contribution is -2.02. The summed E-state index contributed by atoms with van der Waals surface area (Å²) in [5.41, 5.74) is 0.707. The fraction of sp³-hybridized carbons (Fsp3) is 0.455. The second-order valence-electron chi connectivity index (χ2n) is 3.65. The van der Waals surface area contributed by atoms with Crippen molar-refractivity contribution >= 4 is 5.65 Å². The number of halogens is 1. The molecule has 0 spiro atoms. The predicted molar refractivity (Wildman–Crippen MR) is 56.3 cm³/mol. The van der Waals surface area contributed by atoms with Crippen LogP contribution in [0.3, 0.4) is 0 Å². The van der Waals surface area contributed by atoms with Gasteiger partial charge in [0.25, 0.3) is 0 Å². The van der Waals surface area contributed by atoms with Gasteiger partial charge in [0.15, 0.2) is 5.65 Å². The first-order chi connectivity index (χ1) is 7.26. The first kappa shape index (κ1) is 10.1. The van der Waals surface area contributed by atoms with Gasteiger partial charge in [0, 0.05) is 12.1 Å². The van der Waals surface area contributed by atoms with Crippen molar-refractivity contribution in [3.63, 3.8) is 0 Å². The Labute approximate surface area is 87.9 Å². The Morgan fingerprint density at radius 1 is 1.27 bits per heavy atom. The molecule has 0 N–H and O–H groups in total. The van der Waals surface area contributed by atoms with Gasteiger partial charge in [-0.15, -0.1) is 10.2 Å². The first-order valence-corrected chi connectivity index (χ1v) is 5.26. The van der Waals surface area contributed by atoms with E-state index in [4.69, 9.17) is 0 Å². The molecule has 0 amide bonds. The van der Waals surface area contributed by atoms with Crippen LogP contribution < -0.4 is 0 Å². The monoisotopic (exact) mass is 207 g/mol. The molecule has 0 aliphatic rings. The lowest BCUT2D eigenvalue weighted by molar-refractivity contribution is 0.583. The van der Waals surface area contributed by atoms with Crippen LogP contribution in [0.2, 0.25) is 0 Å². The lowest BCUT2D eigenvalue weighted by Gasteiger charge is -2.09. The highest BCUT2D eigenvalue weighted by Crippen LogP contribution is 2.21. The van der Waals surface area contributed by atoms with Crippen LogP contribution in [-0.4, -0.2) is 14.6 Å².